The van der Waals surface area contributed by atoms with Gasteiger partial charge in [-0.2, -0.15) is 0 Å². The maximum Gasteiger partial charge on any atom is 0.0638 e. The molecule has 0 heterocycles. The van der Waals surface area contributed by atoms with E-state index in [1.54, 1.807) is 18.2 Å². The van der Waals surface area contributed by atoms with Crippen LogP contribution in [-0.4, -0.2) is 0 Å². The Balaban J connectivity index is 2.16. The lowest BCUT2D eigenvalue weighted by Crippen LogP contribution is -2.00. The van der Waals surface area contributed by atoms with Crippen molar-refractivity contribution in [2.45, 2.75) is 6.54 Å². The van der Waals surface area contributed by atoms with Crippen LogP contribution in [0, 0.1) is 0 Å². The van der Waals surface area contributed by atoms with Crippen molar-refractivity contribution in [2.24, 2.45) is 0 Å². The zero-order valence-electron chi connectivity index (χ0n) is 9.18. The quantitative estimate of drug-likeness (QED) is 0.701. The number of benzene rings is 2. The summed E-state index contributed by atoms with van der Waals surface area (Å²) in [7, 11) is 0. The average Bonchev–Trinajstić information content (AvgIpc) is 2.34. The number of halogens is 4. The smallest absolute Gasteiger partial charge is 0.0638 e. The Hall–Kier alpha value is -0.410. The Morgan fingerprint density at radius 2 is 1.67 bits per heavy atom. The summed E-state index contributed by atoms with van der Waals surface area (Å²) < 4.78 is 0.987. The molecular formula is C13H9BrCl3N. The van der Waals surface area contributed by atoms with Crippen molar-refractivity contribution in [1.82, 2.24) is 0 Å². The Morgan fingerprint density at radius 1 is 0.944 bits per heavy atom. The zero-order chi connectivity index (χ0) is 13.1. The van der Waals surface area contributed by atoms with E-state index >= 15 is 0 Å². The van der Waals surface area contributed by atoms with E-state index < -0.39 is 0 Å². The van der Waals surface area contributed by atoms with E-state index in [1.165, 1.54) is 0 Å². The van der Waals surface area contributed by atoms with E-state index in [-0.39, 0.29) is 0 Å². The summed E-state index contributed by atoms with van der Waals surface area (Å²) in [5.74, 6) is 0. The third kappa shape index (κ3) is 3.55. The SMILES string of the molecule is Clc1ccc(Cl)c(NCc2cc(Br)ccc2Cl)c1. The molecule has 0 unspecified atom stereocenters. The molecule has 0 spiro atoms. The lowest BCUT2D eigenvalue weighted by atomic mass is 10.2. The standard InChI is InChI=1S/C13H9BrCl3N/c14-9-1-3-11(16)8(5-9)7-18-13-6-10(15)2-4-12(13)17/h1-6,18H,7H2. The normalized spacial score (nSPS) is 10.4. The molecule has 1 nitrogen and oxygen atoms in total. The zero-order valence-corrected chi connectivity index (χ0v) is 13.0. The van der Waals surface area contributed by atoms with Gasteiger partial charge in [0.25, 0.3) is 0 Å². The molecule has 0 bridgehead atoms. The first-order valence-electron chi connectivity index (χ1n) is 5.19. The molecule has 2 rings (SSSR count). The Labute approximate surface area is 129 Å². The summed E-state index contributed by atoms with van der Waals surface area (Å²) in [5, 5.41) is 5.20. The highest BCUT2D eigenvalue weighted by Gasteiger charge is 2.04. The van der Waals surface area contributed by atoms with Gasteiger partial charge < -0.3 is 5.32 Å². The van der Waals surface area contributed by atoms with Crippen LogP contribution in [0.5, 0.6) is 0 Å². The van der Waals surface area contributed by atoms with Gasteiger partial charge in [0, 0.05) is 21.1 Å². The van der Waals surface area contributed by atoms with Gasteiger partial charge in [-0.05, 0) is 42.0 Å². The van der Waals surface area contributed by atoms with Crippen LogP contribution in [0.1, 0.15) is 5.56 Å². The second-order valence-electron chi connectivity index (χ2n) is 3.71. The van der Waals surface area contributed by atoms with Crippen molar-refractivity contribution >= 4 is 56.4 Å². The third-order valence-corrected chi connectivity index (χ3v) is 3.83. The highest BCUT2D eigenvalue weighted by Crippen LogP contribution is 2.27. The highest BCUT2D eigenvalue weighted by atomic mass is 79.9. The number of nitrogens with one attached hydrogen (secondary N) is 1. The lowest BCUT2D eigenvalue weighted by Gasteiger charge is -2.10. The third-order valence-electron chi connectivity index (χ3n) is 2.41. The summed E-state index contributed by atoms with van der Waals surface area (Å²) in [4.78, 5) is 0. The molecule has 0 radical (unpaired) electrons. The molecule has 2 aromatic carbocycles. The van der Waals surface area contributed by atoms with Gasteiger partial charge in [-0.25, -0.2) is 0 Å². The van der Waals surface area contributed by atoms with Crippen molar-refractivity contribution in [1.29, 1.82) is 0 Å². The molecule has 0 saturated heterocycles. The summed E-state index contributed by atoms with van der Waals surface area (Å²) in [6, 6.07) is 11.0. The van der Waals surface area contributed by atoms with Crippen LogP contribution in [0.25, 0.3) is 0 Å². The minimum atomic E-state index is 0.582. The lowest BCUT2D eigenvalue weighted by molar-refractivity contribution is 1.15. The average molecular weight is 365 g/mol. The van der Waals surface area contributed by atoms with Crippen LogP contribution in [0.4, 0.5) is 5.69 Å². The van der Waals surface area contributed by atoms with Gasteiger partial charge in [0.1, 0.15) is 0 Å². The van der Waals surface area contributed by atoms with E-state index in [1.807, 2.05) is 18.2 Å². The van der Waals surface area contributed by atoms with E-state index in [0.717, 1.165) is 15.7 Å². The summed E-state index contributed by atoms with van der Waals surface area (Å²) in [6.45, 7) is 0.582. The molecule has 2 aromatic rings. The van der Waals surface area contributed by atoms with Gasteiger partial charge in [-0.15, -0.1) is 0 Å². The summed E-state index contributed by atoms with van der Waals surface area (Å²) in [5.41, 5.74) is 1.78. The van der Waals surface area contributed by atoms with Crippen LogP contribution >= 0.6 is 50.7 Å². The molecule has 18 heavy (non-hydrogen) atoms. The van der Waals surface area contributed by atoms with Crippen molar-refractivity contribution in [2.75, 3.05) is 5.32 Å². The maximum absolute atomic E-state index is 6.11. The Morgan fingerprint density at radius 3 is 2.44 bits per heavy atom. The minimum Gasteiger partial charge on any atom is -0.380 e. The molecule has 0 aliphatic carbocycles. The molecule has 0 fully saturated rings. The molecule has 0 aliphatic heterocycles. The minimum absolute atomic E-state index is 0.582. The van der Waals surface area contributed by atoms with E-state index in [0.29, 0.717) is 21.6 Å². The van der Waals surface area contributed by atoms with Crippen molar-refractivity contribution in [3.63, 3.8) is 0 Å². The number of anilines is 1. The van der Waals surface area contributed by atoms with E-state index in [9.17, 15) is 0 Å². The molecule has 0 aliphatic rings. The molecule has 5 heteroatoms. The van der Waals surface area contributed by atoms with Gasteiger partial charge in [-0.1, -0.05) is 50.7 Å². The molecule has 94 valence electrons. The monoisotopic (exact) mass is 363 g/mol. The molecule has 0 saturated carbocycles. The number of hydrogen-bond donors (Lipinski definition) is 1. The van der Waals surface area contributed by atoms with Crippen LogP contribution in [0.15, 0.2) is 40.9 Å². The fourth-order valence-electron chi connectivity index (χ4n) is 1.50. The highest BCUT2D eigenvalue weighted by molar-refractivity contribution is 9.10. The molecule has 0 aromatic heterocycles. The van der Waals surface area contributed by atoms with Gasteiger partial charge in [-0.3, -0.25) is 0 Å². The number of rotatable bonds is 3. The first-order chi connectivity index (χ1) is 8.56. The molecule has 0 amide bonds. The predicted octanol–water partition coefficient (Wildman–Crippen LogP) is 6.02. The Kier molecular flexibility index (Phi) is 4.79. The van der Waals surface area contributed by atoms with Gasteiger partial charge in [0.05, 0.1) is 10.7 Å². The van der Waals surface area contributed by atoms with Crippen LogP contribution in [-0.2, 0) is 6.54 Å². The first kappa shape index (κ1) is 14.0. The van der Waals surface area contributed by atoms with Crippen molar-refractivity contribution in [3.05, 3.63) is 61.5 Å². The van der Waals surface area contributed by atoms with Gasteiger partial charge in [0.2, 0.25) is 0 Å². The Bertz CT molecular complexity index is 521. The fourth-order valence-corrected chi connectivity index (χ4v) is 2.45. The van der Waals surface area contributed by atoms with Crippen molar-refractivity contribution < 1.29 is 0 Å². The van der Waals surface area contributed by atoms with Crippen molar-refractivity contribution in [3.8, 4) is 0 Å². The van der Waals surface area contributed by atoms with Gasteiger partial charge >= 0.3 is 0 Å². The number of hydrogen-bond acceptors (Lipinski definition) is 1. The van der Waals surface area contributed by atoms with Crippen LogP contribution in [0.3, 0.4) is 0 Å². The van der Waals surface area contributed by atoms with Gasteiger partial charge in [0.15, 0.2) is 0 Å². The maximum atomic E-state index is 6.11. The fraction of sp³-hybridized carbons (Fsp3) is 0.0769. The summed E-state index contributed by atoms with van der Waals surface area (Å²) in [6.07, 6.45) is 0. The first-order valence-corrected chi connectivity index (χ1v) is 7.12. The van der Waals surface area contributed by atoms with Crippen LogP contribution in [0.2, 0.25) is 15.1 Å². The second kappa shape index (κ2) is 6.16. The summed E-state index contributed by atoms with van der Waals surface area (Å²) >= 11 is 21.5. The predicted molar refractivity (Wildman–Crippen MR) is 82.9 cm³/mol. The van der Waals surface area contributed by atoms with E-state index in [4.69, 9.17) is 34.8 Å². The molecule has 0 atom stereocenters. The topological polar surface area (TPSA) is 12.0 Å². The largest absolute Gasteiger partial charge is 0.380 e. The van der Waals surface area contributed by atoms with E-state index in [2.05, 4.69) is 21.2 Å². The molecule has 1 N–H and O–H groups in total. The molecular weight excluding hydrogens is 356 g/mol. The van der Waals surface area contributed by atoms with Crippen LogP contribution < -0.4 is 5.32 Å². The second-order valence-corrected chi connectivity index (χ2v) is 5.88.